The van der Waals surface area contributed by atoms with Crippen LogP contribution in [0.5, 0.6) is 0 Å². The Kier molecular flexibility index (Phi) is 5.52. The van der Waals surface area contributed by atoms with Gasteiger partial charge in [0.2, 0.25) is 5.91 Å². The van der Waals surface area contributed by atoms with E-state index in [0.717, 1.165) is 35.3 Å². The van der Waals surface area contributed by atoms with E-state index in [9.17, 15) is 4.79 Å². The Balaban J connectivity index is 1.54. The first-order valence-corrected chi connectivity index (χ1v) is 10.5. The van der Waals surface area contributed by atoms with Crippen molar-refractivity contribution in [2.24, 2.45) is 0 Å². The first kappa shape index (κ1) is 18.8. The predicted molar refractivity (Wildman–Crippen MR) is 110 cm³/mol. The minimum Gasteiger partial charge on any atom is -0.467 e. The Morgan fingerprint density at radius 1 is 1.25 bits per heavy atom. The molecule has 0 bridgehead atoms. The largest absolute Gasteiger partial charge is 0.467 e. The molecule has 0 saturated heterocycles. The van der Waals surface area contributed by atoms with Crippen molar-refractivity contribution in [3.05, 3.63) is 60.3 Å². The van der Waals surface area contributed by atoms with Gasteiger partial charge in [0.15, 0.2) is 5.16 Å². The monoisotopic (exact) mass is 396 g/mol. The van der Waals surface area contributed by atoms with Crippen LogP contribution in [0, 0.1) is 0 Å². The van der Waals surface area contributed by atoms with Gasteiger partial charge in [-0.05, 0) is 51.0 Å². The molecule has 0 radical (unpaired) electrons. The summed E-state index contributed by atoms with van der Waals surface area (Å²) in [7, 11) is 0. The molecular weight excluding hydrogens is 372 g/mol. The third-order valence-corrected chi connectivity index (χ3v) is 5.93. The van der Waals surface area contributed by atoms with E-state index >= 15 is 0 Å². The number of furan rings is 1. The van der Waals surface area contributed by atoms with Crippen molar-refractivity contribution in [1.29, 1.82) is 0 Å². The summed E-state index contributed by atoms with van der Waals surface area (Å²) in [4.78, 5) is 14.9. The number of hydrogen-bond donors (Lipinski definition) is 0. The molecule has 1 saturated carbocycles. The zero-order valence-corrected chi connectivity index (χ0v) is 16.9. The molecule has 3 aromatic rings. The Bertz CT molecular complexity index is 919. The molecule has 0 N–H and O–H groups in total. The molecule has 1 amide bonds. The SMILES string of the molecule is CCN(C(=O)C(C)Sc1nnc(C2CC2)n1Cc1ccco1)c1ccccc1. The fourth-order valence-electron chi connectivity index (χ4n) is 3.24. The highest BCUT2D eigenvalue weighted by atomic mass is 32.2. The van der Waals surface area contributed by atoms with Gasteiger partial charge >= 0.3 is 0 Å². The average molecular weight is 397 g/mol. The average Bonchev–Trinajstić information content (AvgIpc) is 3.29. The Hall–Kier alpha value is -2.54. The second-order valence-electron chi connectivity index (χ2n) is 6.96. The van der Waals surface area contributed by atoms with Gasteiger partial charge in [-0.15, -0.1) is 10.2 Å². The molecule has 1 aliphatic carbocycles. The number of para-hydroxylation sites is 1. The molecule has 28 heavy (non-hydrogen) atoms. The molecule has 0 spiro atoms. The highest BCUT2D eigenvalue weighted by molar-refractivity contribution is 8.00. The molecule has 2 aromatic heterocycles. The molecule has 146 valence electrons. The maximum Gasteiger partial charge on any atom is 0.240 e. The van der Waals surface area contributed by atoms with Gasteiger partial charge in [-0.2, -0.15) is 0 Å². The Labute approximate surface area is 168 Å². The molecule has 1 aliphatic rings. The third kappa shape index (κ3) is 3.99. The number of benzene rings is 1. The van der Waals surface area contributed by atoms with Crippen LogP contribution in [0.15, 0.2) is 58.3 Å². The molecule has 1 fully saturated rings. The fraction of sp³-hybridized carbons (Fsp3) is 0.381. The lowest BCUT2D eigenvalue weighted by Crippen LogP contribution is -2.36. The summed E-state index contributed by atoms with van der Waals surface area (Å²) < 4.78 is 7.62. The van der Waals surface area contributed by atoms with Crippen molar-refractivity contribution in [2.75, 3.05) is 11.4 Å². The Morgan fingerprint density at radius 3 is 2.68 bits per heavy atom. The third-order valence-electron chi connectivity index (χ3n) is 4.86. The van der Waals surface area contributed by atoms with Crippen LogP contribution in [0.1, 0.15) is 44.2 Å². The van der Waals surface area contributed by atoms with Gasteiger partial charge in [-0.3, -0.25) is 9.36 Å². The minimum atomic E-state index is -0.272. The number of hydrogen-bond acceptors (Lipinski definition) is 5. The summed E-state index contributed by atoms with van der Waals surface area (Å²) in [6.07, 6.45) is 3.97. The van der Waals surface area contributed by atoms with Crippen LogP contribution in [0.25, 0.3) is 0 Å². The molecule has 2 heterocycles. The van der Waals surface area contributed by atoms with E-state index in [-0.39, 0.29) is 11.2 Å². The van der Waals surface area contributed by atoms with Crippen molar-refractivity contribution < 1.29 is 9.21 Å². The van der Waals surface area contributed by atoms with Crippen LogP contribution in [0.2, 0.25) is 0 Å². The smallest absolute Gasteiger partial charge is 0.240 e. The minimum absolute atomic E-state index is 0.0687. The van der Waals surface area contributed by atoms with Gasteiger partial charge in [-0.25, -0.2) is 0 Å². The summed E-state index contributed by atoms with van der Waals surface area (Å²) in [5.41, 5.74) is 0.915. The summed E-state index contributed by atoms with van der Waals surface area (Å²) >= 11 is 1.46. The summed E-state index contributed by atoms with van der Waals surface area (Å²) in [6, 6.07) is 13.6. The van der Waals surface area contributed by atoms with Gasteiger partial charge in [0, 0.05) is 18.2 Å². The van der Waals surface area contributed by atoms with E-state index in [1.54, 1.807) is 6.26 Å². The number of carbonyl (C=O) groups is 1. The van der Waals surface area contributed by atoms with Crippen LogP contribution in [-0.2, 0) is 11.3 Å². The number of aromatic nitrogens is 3. The fourth-order valence-corrected chi connectivity index (χ4v) is 4.16. The Morgan fingerprint density at radius 2 is 2.04 bits per heavy atom. The molecule has 4 rings (SSSR count). The molecule has 1 unspecified atom stereocenters. The summed E-state index contributed by atoms with van der Waals surface area (Å²) in [5, 5.41) is 9.32. The first-order valence-electron chi connectivity index (χ1n) is 9.66. The van der Waals surface area contributed by atoms with Gasteiger partial charge in [0.05, 0.1) is 18.1 Å². The lowest BCUT2D eigenvalue weighted by atomic mass is 10.2. The molecule has 1 atom stereocenters. The van der Waals surface area contributed by atoms with Crippen LogP contribution in [0.4, 0.5) is 5.69 Å². The van der Waals surface area contributed by atoms with Crippen molar-refractivity contribution in [3.8, 4) is 0 Å². The standard InChI is InChI=1S/C21H24N4O2S/c1-3-24(17-8-5-4-6-9-17)20(26)15(2)28-21-23-22-19(16-11-12-16)25(21)14-18-10-7-13-27-18/h4-10,13,15-16H,3,11-12,14H2,1-2H3. The van der Waals surface area contributed by atoms with Crippen molar-refractivity contribution in [2.45, 2.75) is 49.6 Å². The van der Waals surface area contributed by atoms with Crippen LogP contribution in [-0.4, -0.2) is 32.5 Å². The van der Waals surface area contributed by atoms with Crippen LogP contribution in [0.3, 0.4) is 0 Å². The lowest BCUT2D eigenvalue weighted by Gasteiger charge is -2.24. The van der Waals surface area contributed by atoms with Gasteiger partial charge < -0.3 is 9.32 Å². The quantitative estimate of drug-likeness (QED) is 0.530. The molecular formula is C21H24N4O2S. The van der Waals surface area contributed by atoms with E-state index in [1.807, 2.05) is 61.2 Å². The zero-order chi connectivity index (χ0) is 19.5. The second-order valence-corrected chi connectivity index (χ2v) is 8.27. The lowest BCUT2D eigenvalue weighted by molar-refractivity contribution is -0.117. The van der Waals surface area contributed by atoms with Gasteiger partial charge in [0.25, 0.3) is 0 Å². The molecule has 0 aliphatic heterocycles. The number of thioether (sulfide) groups is 1. The van der Waals surface area contributed by atoms with Crippen molar-refractivity contribution in [3.63, 3.8) is 0 Å². The van der Waals surface area contributed by atoms with E-state index in [1.165, 1.54) is 11.8 Å². The van der Waals surface area contributed by atoms with Crippen molar-refractivity contribution in [1.82, 2.24) is 14.8 Å². The van der Waals surface area contributed by atoms with Crippen molar-refractivity contribution >= 4 is 23.4 Å². The molecule has 1 aromatic carbocycles. The first-order chi connectivity index (χ1) is 13.7. The molecule has 7 heteroatoms. The van der Waals surface area contributed by atoms with Gasteiger partial charge in [-0.1, -0.05) is 30.0 Å². The molecule has 6 nitrogen and oxygen atoms in total. The maximum atomic E-state index is 13.1. The summed E-state index contributed by atoms with van der Waals surface area (Å²) in [6.45, 7) is 5.14. The highest BCUT2D eigenvalue weighted by Gasteiger charge is 2.32. The number of nitrogens with zero attached hydrogens (tertiary/aromatic N) is 4. The summed E-state index contributed by atoms with van der Waals surface area (Å²) in [5.74, 6) is 2.40. The van der Waals surface area contributed by atoms with Crippen LogP contribution < -0.4 is 4.90 Å². The van der Waals surface area contributed by atoms with E-state index in [4.69, 9.17) is 4.42 Å². The van der Waals surface area contributed by atoms with E-state index in [2.05, 4.69) is 14.8 Å². The maximum absolute atomic E-state index is 13.1. The van der Waals surface area contributed by atoms with Gasteiger partial charge in [0.1, 0.15) is 11.6 Å². The van der Waals surface area contributed by atoms with E-state index < -0.39 is 0 Å². The number of amides is 1. The second kappa shape index (κ2) is 8.22. The number of rotatable bonds is 8. The number of anilines is 1. The van der Waals surface area contributed by atoms with Crippen LogP contribution >= 0.6 is 11.8 Å². The normalized spacial score (nSPS) is 14.8. The predicted octanol–water partition coefficient (Wildman–Crippen LogP) is 4.33. The highest BCUT2D eigenvalue weighted by Crippen LogP contribution is 2.40. The van der Waals surface area contributed by atoms with E-state index in [0.29, 0.717) is 19.0 Å². The topological polar surface area (TPSA) is 64.2 Å². The zero-order valence-electron chi connectivity index (χ0n) is 16.1. The number of carbonyl (C=O) groups excluding carboxylic acids is 1.